The Bertz CT molecular complexity index is 1300. The van der Waals surface area contributed by atoms with Crippen molar-refractivity contribution in [1.29, 1.82) is 0 Å². The molecule has 0 spiro atoms. The highest BCUT2D eigenvalue weighted by Gasteiger charge is 2.13. The van der Waals surface area contributed by atoms with Crippen LogP contribution >= 0.6 is 22.7 Å². The molecule has 32 heavy (non-hydrogen) atoms. The van der Waals surface area contributed by atoms with Gasteiger partial charge in [-0.05, 0) is 66.2 Å². The summed E-state index contributed by atoms with van der Waals surface area (Å²) in [6.45, 7) is 0. The van der Waals surface area contributed by atoms with E-state index in [4.69, 9.17) is 0 Å². The van der Waals surface area contributed by atoms with E-state index in [1.807, 2.05) is 42.5 Å². The summed E-state index contributed by atoms with van der Waals surface area (Å²) in [4.78, 5) is 17.0. The Morgan fingerprint density at radius 3 is 1.62 bits per heavy atom. The summed E-state index contributed by atoms with van der Waals surface area (Å²) in [7, 11) is 0. The molecule has 0 aliphatic carbocycles. The minimum Gasteiger partial charge on any atom is -0.477 e. The van der Waals surface area contributed by atoms with Gasteiger partial charge in [0.2, 0.25) is 0 Å². The molecule has 0 aliphatic rings. The maximum absolute atomic E-state index is 11.2. The van der Waals surface area contributed by atoms with Gasteiger partial charge in [-0.2, -0.15) is 0 Å². The smallest absolute Gasteiger partial charge is 0.345 e. The van der Waals surface area contributed by atoms with Crippen molar-refractivity contribution in [2.24, 2.45) is 0 Å². The zero-order chi connectivity index (χ0) is 21.9. The van der Waals surface area contributed by atoms with Gasteiger partial charge < -0.3 is 10.0 Å². The van der Waals surface area contributed by atoms with Crippen LogP contribution in [0.5, 0.6) is 0 Å². The molecule has 0 aliphatic heterocycles. The average Bonchev–Trinajstić information content (AvgIpc) is 3.52. The number of anilines is 3. The quantitative estimate of drug-likeness (QED) is 0.281. The summed E-state index contributed by atoms with van der Waals surface area (Å²) < 4.78 is 0. The Morgan fingerprint density at radius 2 is 1.06 bits per heavy atom. The monoisotopic (exact) mass is 453 g/mol. The lowest BCUT2D eigenvalue weighted by molar-refractivity contribution is 0.0702. The largest absolute Gasteiger partial charge is 0.477 e. The summed E-state index contributed by atoms with van der Waals surface area (Å²) in [5.74, 6) is -0.880. The first-order valence-electron chi connectivity index (χ1n) is 10.1. The summed E-state index contributed by atoms with van der Waals surface area (Å²) >= 11 is 2.98. The third kappa shape index (κ3) is 4.08. The number of nitrogens with zero attached hydrogens (tertiary/aromatic N) is 1. The highest BCUT2D eigenvalue weighted by Crippen LogP contribution is 2.39. The van der Waals surface area contributed by atoms with Crippen molar-refractivity contribution in [2.75, 3.05) is 4.90 Å². The number of hydrogen-bond donors (Lipinski definition) is 1. The molecule has 3 aromatic carbocycles. The highest BCUT2D eigenvalue weighted by atomic mass is 32.1. The normalized spacial score (nSPS) is 10.8. The van der Waals surface area contributed by atoms with Crippen LogP contribution in [0.4, 0.5) is 17.1 Å². The molecule has 5 aromatic rings. The van der Waals surface area contributed by atoms with Gasteiger partial charge in [0.15, 0.2) is 0 Å². The lowest BCUT2D eigenvalue weighted by Crippen LogP contribution is -2.09. The number of thiophene rings is 2. The molecule has 0 saturated heterocycles. The van der Waals surface area contributed by atoms with E-state index in [1.165, 1.54) is 11.3 Å². The number of hydrogen-bond acceptors (Lipinski definition) is 4. The summed E-state index contributed by atoms with van der Waals surface area (Å²) in [5, 5.41) is 9.17. The third-order valence-corrected chi connectivity index (χ3v) is 7.51. The molecule has 2 heterocycles. The molecule has 2 aromatic heterocycles. The second-order valence-corrected chi connectivity index (χ2v) is 9.35. The average molecular weight is 454 g/mol. The van der Waals surface area contributed by atoms with Crippen LogP contribution < -0.4 is 4.90 Å². The molecular formula is C27H19NO2S2. The molecule has 0 amide bonds. The Labute approximate surface area is 194 Å². The van der Waals surface area contributed by atoms with Gasteiger partial charge >= 0.3 is 5.97 Å². The van der Waals surface area contributed by atoms with Gasteiger partial charge in [0.05, 0.1) is 0 Å². The zero-order valence-electron chi connectivity index (χ0n) is 17.0. The van der Waals surface area contributed by atoms with E-state index in [2.05, 4.69) is 65.6 Å². The van der Waals surface area contributed by atoms with E-state index in [1.54, 1.807) is 17.4 Å². The molecule has 0 radical (unpaired) electrons. The maximum Gasteiger partial charge on any atom is 0.345 e. The summed E-state index contributed by atoms with van der Waals surface area (Å²) in [6.07, 6.45) is 0. The van der Waals surface area contributed by atoms with Crippen LogP contribution in [0, 0.1) is 0 Å². The van der Waals surface area contributed by atoms with E-state index >= 15 is 0 Å². The lowest BCUT2D eigenvalue weighted by Gasteiger charge is -2.25. The lowest BCUT2D eigenvalue weighted by atomic mass is 10.1. The van der Waals surface area contributed by atoms with Gasteiger partial charge in [-0.3, -0.25) is 0 Å². The Hall–Kier alpha value is -3.67. The minimum absolute atomic E-state index is 0.362. The fourth-order valence-corrected chi connectivity index (χ4v) is 5.53. The number of aromatic carboxylic acids is 1. The fourth-order valence-electron chi connectivity index (χ4n) is 3.59. The Morgan fingerprint density at radius 1 is 0.562 bits per heavy atom. The second-order valence-electron chi connectivity index (χ2n) is 7.19. The second kappa shape index (κ2) is 8.83. The van der Waals surface area contributed by atoms with Crippen molar-refractivity contribution in [3.63, 3.8) is 0 Å². The number of carboxylic acid groups (broad SMARTS) is 1. The molecule has 0 bridgehead atoms. The predicted octanol–water partition coefficient (Wildman–Crippen LogP) is 8.31. The SMILES string of the molecule is O=C(O)c1ccc(-c2ccc(-c3ccc(N(c4ccccc4)c4ccccc4)cc3)s2)s1. The van der Waals surface area contributed by atoms with E-state index < -0.39 is 5.97 Å². The zero-order valence-corrected chi connectivity index (χ0v) is 18.6. The number of carbonyl (C=O) groups is 1. The van der Waals surface area contributed by atoms with Gasteiger partial charge in [-0.1, -0.05) is 48.5 Å². The van der Waals surface area contributed by atoms with Crippen LogP contribution in [0.15, 0.2) is 109 Å². The first-order valence-corrected chi connectivity index (χ1v) is 11.8. The molecule has 156 valence electrons. The molecule has 0 unspecified atom stereocenters. The van der Waals surface area contributed by atoms with Gasteiger partial charge in [0.1, 0.15) is 4.88 Å². The number of carboxylic acids is 1. The van der Waals surface area contributed by atoms with Gasteiger partial charge in [0.25, 0.3) is 0 Å². The topological polar surface area (TPSA) is 40.5 Å². The maximum atomic E-state index is 11.2. The number of benzene rings is 3. The van der Waals surface area contributed by atoms with Gasteiger partial charge in [-0.15, -0.1) is 22.7 Å². The van der Waals surface area contributed by atoms with Crippen molar-refractivity contribution in [3.05, 3.63) is 114 Å². The van der Waals surface area contributed by atoms with Crippen LogP contribution in [0.3, 0.4) is 0 Å². The van der Waals surface area contributed by atoms with E-state index in [0.29, 0.717) is 4.88 Å². The van der Waals surface area contributed by atoms with Crippen LogP contribution in [-0.2, 0) is 0 Å². The van der Waals surface area contributed by atoms with E-state index in [-0.39, 0.29) is 0 Å². The van der Waals surface area contributed by atoms with Crippen molar-refractivity contribution in [2.45, 2.75) is 0 Å². The van der Waals surface area contributed by atoms with Crippen LogP contribution in [0.1, 0.15) is 9.67 Å². The van der Waals surface area contributed by atoms with Crippen LogP contribution in [0.25, 0.3) is 20.2 Å². The standard InChI is InChI=1S/C27H19NO2S2/c29-27(30)26-18-17-25(32-26)24-16-15-23(31-24)19-11-13-22(14-12-19)28(20-7-3-1-4-8-20)21-9-5-2-6-10-21/h1-18H,(H,29,30). The fraction of sp³-hybridized carbons (Fsp3) is 0. The summed E-state index contributed by atoms with van der Waals surface area (Å²) in [6, 6.07) is 37.0. The van der Waals surface area contributed by atoms with E-state index in [9.17, 15) is 9.90 Å². The van der Waals surface area contributed by atoms with Crippen LogP contribution in [0.2, 0.25) is 0 Å². The van der Waals surface area contributed by atoms with Crippen molar-refractivity contribution in [3.8, 4) is 20.2 Å². The predicted molar refractivity (Wildman–Crippen MR) is 135 cm³/mol. The number of para-hydroxylation sites is 2. The molecule has 0 atom stereocenters. The van der Waals surface area contributed by atoms with Crippen molar-refractivity contribution < 1.29 is 9.90 Å². The van der Waals surface area contributed by atoms with Gasteiger partial charge in [-0.25, -0.2) is 4.79 Å². The Balaban J connectivity index is 1.45. The van der Waals surface area contributed by atoms with Crippen molar-refractivity contribution in [1.82, 2.24) is 0 Å². The van der Waals surface area contributed by atoms with Crippen molar-refractivity contribution >= 4 is 45.7 Å². The third-order valence-electron chi connectivity index (χ3n) is 5.10. The van der Waals surface area contributed by atoms with Crippen LogP contribution in [-0.4, -0.2) is 11.1 Å². The molecule has 5 heteroatoms. The first-order chi connectivity index (χ1) is 15.7. The molecule has 3 nitrogen and oxygen atoms in total. The number of rotatable bonds is 6. The molecule has 1 N–H and O–H groups in total. The summed E-state index contributed by atoms with van der Waals surface area (Å²) in [5.41, 5.74) is 4.45. The van der Waals surface area contributed by atoms with E-state index in [0.717, 1.165) is 37.3 Å². The molecule has 0 saturated carbocycles. The molecule has 5 rings (SSSR count). The highest BCUT2D eigenvalue weighted by molar-refractivity contribution is 7.24. The molecular weight excluding hydrogens is 434 g/mol. The Kier molecular flexibility index (Phi) is 5.58. The minimum atomic E-state index is -0.880. The first kappa shape index (κ1) is 20.2. The van der Waals surface area contributed by atoms with Gasteiger partial charge in [0, 0.05) is 31.7 Å². The molecule has 0 fully saturated rings.